The maximum Gasteiger partial charge on any atom is 0.303 e. The van der Waals surface area contributed by atoms with Gasteiger partial charge in [0, 0.05) is 29.9 Å². The van der Waals surface area contributed by atoms with Crippen LogP contribution in [-0.4, -0.2) is 23.0 Å². The molecule has 0 spiro atoms. The highest BCUT2D eigenvalue weighted by Gasteiger charge is 2.46. The Morgan fingerprint density at radius 1 is 1.38 bits per heavy atom. The van der Waals surface area contributed by atoms with E-state index in [9.17, 15) is 18.4 Å². The predicted octanol–water partition coefficient (Wildman–Crippen LogP) is 2.44. The molecular weight excluding hydrogens is 280 g/mol. The van der Waals surface area contributed by atoms with E-state index in [0.717, 1.165) is 0 Å². The molecule has 1 fully saturated rings. The highest BCUT2D eigenvalue weighted by molar-refractivity contribution is 5.83. The normalized spacial score (nSPS) is 21.7. The summed E-state index contributed by atoms with van der Waals surface area (Å²) in [6.45, 7) is 1.71. The van der Waals surface area contributed by atoms with Crippen molar-refractivity contribution in [1.82, 2.24) is 5.32 Å². The number of halogens is 2. The van der Waals surface area contributed by atoms with Crippen LogP contribution in [0.5, 0.6) is 0 Å². The lowest BCUT2D eigenvalue weighted by atomic mass is 10.1. The summed E-state index contributed by atoms with van der Waals surface area (Å²) in [6.07, 6.45) is 0.708. The third kappa shape index (κ3) is 3.77. The highest BCUT2D eigenvalue weighted by Crippen LogP contribution is 2.49. The van der Waals surface area contributed by atoms with Gasteiger partial charge in [0.15, 0.2) is 0 Å². The molecule has 1 aliphatic carbocycles. The van der Waals surface area contributed by atoms with E-state index < -0.39 is 29.4 Å². The number of carboxylic acid groups (broad SMARTS) is 1. The molecule has 0 saturated heterocycles. The van der Waals surface area contributed by atoms with Crippen LogP contribution in [-0.2, 0) is 9.59 Å². The topological polar surface area (TPSA) is 66.4 Å². The van der Waals surface area contributed by atoms with Gasteiger partial charge in [0.1, 0.15) is 11.6 Å². The summed E-state index contributed by atoms with van der Waals surface area (Å²) in [6, 6.07) is 3.38. The van der Waals surface area contributed by atoms with E-state index in [1.165, 1.54) is 18.2 Å². The van der Waals surface area contributed by atoms with Crippen LogP contribution >= 0.6 is 0 Å². The molecule has 0 heterocycles. The summed E-state index contributed by atoms with van der Waals surface area (Å²) in [4.78, 5) is 22.4. The molecule has 1 aromatic rings. The van der Waals surface area contributed by atoms with Crippen molar-refractivity contribution in [3.8, 4) is 0 Å². The van der Waals surface area contributed by atoms with Gasteiger partial charge in [0.25, 0.3) is 0 Å². The maximum atomic E-state index is 13.6. The number of nitrogens with one attached hydrogen (secondary N) is 1. The molecule has 0 aliphatic heterocycles. The van der Waals surface area contributed by atoms with E-state index in [4.69, 9.17) is 5.11 Å². The number of benzene rings is 1. The first-order valence-electron chi connectivity index (χ1n) is 6.86. The van der Waals surface area contributed by atoms with Gasteiger partial charge in [-0.15, -0.1) is 0 Å². The molecule has 0 aromatic heterocycles. The lowest BCUT2D eigenvalue weighted by Gasteiger charge is -2.12. The monoisotopic (exact) mass is 297 g/mol. The fourth-order valence-electron chi connectivity index (χ4n) is 2.43. The van der Waals surface area contributed by atoms with E-state index in [2.05, 4.69) is 5.32 Å². The van der Waals surface area contributed by atoms with Crippen LogP contribution in [0.15, 0.2) is 18.2 Å². The fraction of sp³-hybridized carbons (Fsp3) is 0.467. The molecule has 1 saturated carbocycles. The maximum absolute atomic E-state index is 13.6. The largest absolute Gasteiger partial charge is 0.481 e. The first-order chi connectivity index (χ1) is 9.90. The van der Waals surface area contributed by atoms with Crippen molar-refractivity contribution >= 4 is 11.9 Å². The van der Waals surface area contributed by atoms with Gasteiger partial charge >= 0.3 is 5.97 Å². The van der Waals surface area contributed by atoms with Gasteiger partial charge in [0.05, 0.1) is 0 Å². The third-order valence-corrected chi connectivity index (χ3v) is 3.68. The van der Waals surface area contributed by atoms with E-state index in [0.29, 0.717) is 12.8 Å². The van der Waals surface area contributed by atoms with Gasteiger partial charge in [-0.05, 0) is 31.9 Å². The van der Waals surface area contributed by atoms with Gasteiger partial charge in [-0.3, -0.25) is 9.59 Å². The van der Waals surface area contributed by atoms with Gasteiger partial charge in [-0.1, -0.05) is 6.07 Å². The second kappa shape index (κ2) is 6.20. The Morgan fingerprint density at radius 2 is 2.00 bits per heavy atom. The molecule has 6 heteroatoms. The Morgan fingerprint density at radius 3 is 2.57 bits per heavy atom. The lowest BCUT2D eigenvalue weighted by Crippen LogP contribution is -2.34. The minimum atomic E-state index is -0.922. The Bertz CT molecular complexity index is 542. The van der Waals surface area contributed by atoms with E-state index in [1.807, 2.05) is 0 Å². The number of hydrogen-bond acceptors (Lipinski definition) is 2. The fourth-order valence-corrected chi connectivity index (χ4v) is 2.43. The smallest absolute Gasteiger partial charge is 0.303 e. The Kier molecular flexibility index (Phi) is 4.55. The van der Waals surface area contributed by atoms with Crippen LogP contribution < -0.4 is 5.32 Å². The summed E-state index contributed by atoms with van der Waals surface area (Å²) in [5.41, 5.74) is -0.0316. The SMILES string of the molecule is C[C@H](CCC(=O)O)NC(=O)[C@@H]1C[C@H]1c1c(F)cccc1F. The Hall–Kier alpha value is -1.98. The van der Waals surface area contributed by atoms with Crippen molar-refractivity contribution in [2.75, 3.05) is 0 Å². The number of carboxylic acids is 1. The van der Waals surface area contributed by atoms with E-state index in [1.54, 1.807) is 6.92 Å². The van der Waals surface area contributed by atoms with E-state index >= 15 is 0 Å². The lowest BCUT2D eigenvalue weighted by molar-refractivity contribution is -0.137. The molecule has 114 valence electrons. The zero-order valence-corrected chi connectivity index (χ0v) is 11.6. The standard InChI is InChI=1S/C15H17F2NO3/c1-8(5-6-13(19)20)18-15(21)10-7-9(10)14-11(16)3-2-4-12(14)17/h2-4,8-10H,5-7H2,1H3,(H,18,21)(H,19,20)/t8-,9-,10-/m1/s1. The number of rotatable bonds is 6. The molecule has 0 unspecified atom stereocenters. The van der Waals surface area contributed by atoms with Crippen molar-refractivity contribution in [2.45, 2.75) is 38.1 Å². The van der Waals surface area contributed by atoms with Crippen LogP contribution in [0.2, 0.25) is 0 Å². The van der Waals surface area contributed by atoms with Crippen LogP contribution in [0.4, 0.5) is 8.78 Å². The predicted molar refractivity (Wildman–Crippen MR) is 71.7 cm³/mol. The van der Waals surface area contributed by atoms with Crippen LogP contribution in [0.3, 0.4) is 0 Å². The molecule has 21 heavy (non-hydrogen) atoms. The first-order valence-corrected chi connectivity index (χ1v) is 6.86. The third-order valence-electron chi connectivity index (χ3n) is 3.68. The first kappa shape index (κ1) is 15.4. The van der Waals surface area contributed by atoms with Gasteiger partial charge in [0.2, 0.25) is 5.91 Å². The summed E-state index contributed by atoms with van der Waals surface area (Å²) < 4.78 is 27.2. The highest BCUT2D eigenvalue weighted by atomic mass is 19.1. The number of aliphatic carboxylic acids is 1. The summed E-state index contributed by atoms with van der Waals surface area (Å²) in [5.74, 6) is -3.33. The molecule has 3 atom stereocenters. The van der Waals surface area contributed by atoms with Crippen molar-refractivity contribution in [3.05, 3.63) is 35.4 Å². The Balaban J connectivity index is 1.91. The summed E-state index contributed by atoms with van der Waals surface area (Å²) in [7, 11) is 0. The average Bonchev–Trinajstić information content (AvgIpc) is 3.16. The zero-order valence-electron chi connectivity index (χ0n) is 11.6. The number of amides is 1. The molecule has 2 N–H and O–H groups in total. The van der Waals surface area contributed by atoms with Crippen LogP contribution in [0.25, 0.3) is 0 Å². The van der Waals surface area contributed by atoms with Crippen molar-refractivity contribution < 1.29 is 23.5 Å². The Labute approximate surface area is 121 Å². The van der Waals surface area contributed by atoms with Crippen LogP contribution in [0, 0.1) is 17.6 Å². The number of hydrogen-bond donors (Lipinski definition) is 2. The quantitative estimate of drug-likeness (QED) is 0.847. The second-order valence-electron chi connectivity index (χ2n) is 5.43. The molecule has 1 aromatic carbocycles. The summed E-state index contributed by atoms with van der Waals surface area (Å²) in [5, 5.41) is 11.3. The minimum Gasteiger partial charge on any atom is -0.481 e. The molecule has 0 radical (unpaired) electrons. The molecule has 4 nitrogen and oxygen atoms in total. The number of carbonyl (C=O) groups excluding carboxylic acids is 1. The van der Waals surface area contributed by atoms with Crippen molar-refractivity contribution in [3.63, 3.8) is 0 Å². The average molecular weight is 297 g/mol. The van der Waals surface area contributed by atoms with E-state index in [-0.39, 0.29) is 23.9 Å². The molecule has 1 amide bonds. The molecular formula is C15H17F2NO3. The van der Waals surface area contributed by atoms with Gasteiger partial charge < -0.3 is 10.4 Å². The van der Waals surface area contributed by atoms with Crippen molar-refractivity contribution in [2.24, 2.45) is 5.92 Å². The molecule has 0 bridgehead atoms. The minimum absolute atomic E-state index is 0.0303. The zero-order chi connectivity index (χ0) is 15.6. The van der Waals surface area contributed by atoms with Gasteiger partial charge in [-0.2, -0.15) is 0 Å². The second-order valence-corrected chi connectivity index (χ2v) is 5.43. The van der Waals surface area contributed by atoms with Gasteiger partial charge in [-0.25, -0.2) is 8.78 Å². The van der Waals surface area contributed by atoms with Crippen LogP contribution in [0.1, 0.15) is 37.7 Å². The number of carbonyl (C=O) groups is 2. The molecule has 2 rings (SSSR count). The van der Waals surface area contributed by atoms with Crippen molar-refractivity contribution in [1.29, 1.82) is 0 Å². The molecule has 1 aliphatic rings. The summed E-state index contributed by atoms with van der Waals surface area (Å²) >= 11 is 0.